The average Bonchev–Trinajstić information content (AvgIpc) is 2.84. The zero-order valence-corrected chi connectivity index (χ0v) is 18.8. The second kappa shape index (κ2) is 10.7. The lowest BCUT2D eigenvalue weighted by Gasteiger charge is -2.30. The Balaban J connectivity index is 1.42. The van der Waals surface area contributed by atoms with E-state index in [4.69, 9.17) is 4.74 Å². The topological polar surface area (TPSA) is 94.4 Å². The Morgan fingerprint density at radius 2 is 1.79 bits per heavy atom. The van der Waals surface area contributed by atoms with E-state index in [1.807, 2.05) is 78.7 Å². The molecule has 0 radical (unpaired) electrons. The second-order valence-electron chi connectivity index (χ2n) is 8.14. The third kappa shape index (κ3) is 6.02. The molecule has 0 aromatic heterocycles. The van der Waals surface area contributed by atoms with Crippen LogP contribution in [0.3, 0.4) is 0 Å². The highest BCUT2D eigenvalue weighted by molar-refractivity contribution is 5.77. The maximum absolute atomic E-state index is 11.9. The zero-order chi connectivity index (χ0) is 23.9. The van der Waals surface area contributed by atoms with Gasteiger partial charge in [-0.05, 0) is 60.0 Å². The molecule has 2 atom stereocenters. The molecule has 2 unspecified atom stereocenters. The molecule has 7 nitrogen and oxygen atoms in total. The van der Waals surface area contributed by atoms with Gasteiger partial charge >= 0.3 is 5.97 Å². The molecule has 0 fully saturated rings. The third-order valence-corrected chi connectivity index (χ3v) is 5.55. The highest BCUT2D eigenvalue weighted by Crippen LogP contribution is 2.24. The summed E-state index contributed by atoms with van der Waals surface area (Å²) in [7, 11) is 1.86. The third-order valence-electron chi connectivity index (χ3n) is 5.55. The first kappa shape index (κ1) is 23.1. The summed E-state index contributed by atoms with van der Waals surface area (Å²) in [6, 6.07) is 23.4. The maximum Gasteiger partial charge on any atom is 0.321 e. The van der Waals surface area contributed by atoms with E-state index in [0.717, 1.165) is 22.4 Å². The number of ether oxygens (including phenoxy) is 1. The number of nitrogens with zero attached hydrogens (tertiary/aromatic N) is 2. The molecule has 4 rings (SSSR count). The number of benzene rings is 3. The van der Waals surface area contributed by atoms with Gasteiger partial charge in [0.25, 0.3) is 0 Å². The summed E-state index contributed by atoms with van der Waals surface area (Å²) < 4.78 is 5.81. The van der Waals surface area contributed by atoms with Gasteiger partial charge in [-0.15, -0.1) is 0 Å². The molecule has 3 aromatic carbocycles. The van der Waals surface area contributed by atoms with Crippen LogP contribution in [0.4, 0.5) is 0 Å². The van der Waals surface area contributed by atoms with E-state index in [-0.39, 0.29) is 11.9 Å². The Kier molecular flexibility index (Phi) is 7.25. The molecular formula is C27H27N3O4. The van der Waals surface area contributed by atoms with Crippen LogP contribution in [-0.2, 0) is 17.8 Å². The van der Waals surface area contributed by atoms with Crippen LogP contribution >= 0.6 is 0 Å². The largest absolute Gasteiger partial charge is 0.508 e. The van der Waals surface area contributed by atoms with Crippen molar-refractivity contribution in [3.8, 4) is 11.5 Å². The lowest BCUT2D eigenvalue weighted by Crippen LogP contribution is -2.51. The van der Waals surface area contributed by atoms with Gasteiger partial charge in [0.05, 0.1) is 12.0 Å². The molecule has 174 valence electrons. The Morgan fingerprint density at radius 3 is 2.50 bits per heavy atom. The lowest BCUT2D eigenvalue weighted by atomic mass is 10.0. The molecule has 1 heterocycles. The lowest BCUT2D eigenvalue weighted by molar-refractivity contribution is -0.139. The normalized spacial score (nSPS) is 16.1. The number of carbonyl (C=O) groups is 1. The summed E-state index contributed by atoms with van der Waals surface area (Å²) in [6.45, 7) is 0.351. The van der Waals surface area contributed by atoms with E-state index in [0.29, 0.717) is 18.8 Å². The van der Waals surface area contributed by atoms with E-state index in [9.17, 15) is 15.0 Å². The number of rotatable bonds is 9. The molecule has 0 aliphatic carbocycles. The molecule has 1 aliphatic rings. The van der Waals surface area contributed by atoms with E-state index >= 15 is 0 Å². The molecule has 3 aromatic rings. The van der Waals surface area contributed by atoms with Crippen LogP contribution in [0.5, 0.6) is 11.5 Å². The number of likely N-dealkylation sites (N-methyl/N-ethyl adjacent to an activating group) is 1. The van der Waals surface area contributed by atoms with Gasteiger partial charge < -0.3 is 19.8 Å². The highest BCUT2D eigenvalue weighted by Gasteiger charge is 2.24. The minimum atomic E-state index is -0.900. The monoisotopic (exact) mass is 457 g/mol. The SMILES string of the molecule is CN1C=NC(c2ccc(OCc3cccc(O)c3)cc2)=CC1NC(Cc1ccccc1)C(=O)O. The number of aromatic hydroxyl groups is 1. The minimum absolute atomic E-state index is 0.209. The van der Waals surface area contributed by atoms with Crippen molar-refractivity contribution in [2.24, 2.45) is 4.99 Å². The number of aliphatic carboxylic acids is 1. The van der Waals surface area contributed by atoms with E-state index in [1.165, 1.54) is 0 Å². The van der Waals surface area contributed by atoms with Crippen LogP contribution < -0.4 is 10.1 Å². The van der Waals surface area contributed by atoms with Crippen LogP contribution in [0.15, 0.2) is 89.9 Å². The van der Waals surface area contributed by atoms with Crippen LogP contribution in [-0.4, -0.2) is 46.7 Å². The van der Waals surface area contributed by atoms with Crippen LogP contribution in [0.1, 0.15) is 16.7 Å². The molecule has 0 amide bonds. The number of nitrogens with one attached hydrogen (secondary N) is 1. The van der Waals surface area contributed by atoms with Crippen LogP contribution in [0.25, 0.3) is 5.70 Å². The highest BCUT2D eigenvalue weighted by atomic mass is 16.5. The van der Waals surface area contributed by atoms with Gasteiger partial charge in [-0.25, -0.2) is 4.99 Å². The number of hydrogen-bond acceptors (Lipinski definition) is 6. The van der Waals surface area contributed by atoms with Crippen molar-refractivity contribution >= 4 is 18.0 Å². The van der Waals surface area contributed by atoms with Gasteiger partial charge in [0, 0.05) is 12.6 Å². The van der Waals surface area contributed by atoms with Crippen LogP contribution in [0, 0.1) is 0 Å². The first-order valence-electron chi connectivity index (χ1n) is 11.0. The van der Waals surface area contributed by atoms with Gasteiger partial charge in [0.2, 0.25) is 0 Å². The van der Waals surface area contributed by atoms with Crippen molar-refractivity contribution in [1.29, 1.82) is 0 Å². The number of carboxylic acid groups (broad SMARTS) is 1. The molecule has 0 saturated heterocycles. The molecule has 0 saturated carbocycles. The summed E-state index contributed by atoms with van der Waals surface area (Å²) in [5.74, 6) is 0.0108. The summed E-state index contributed by atoms with van der Waals surface area (Å²) >= 11 is 0. The summed E-state index contributed by atoms with van der Waals surface area (Å²) in [5.41, 5.74) is 3.49. The van der Waals surface area contributed by atoms with Gasteiger partial charge in [-0.2, -0.15) is 0 Å². The Bertz CT molecular complexity index is 1180. The van der Waals surface area contributed by atoms with E-state index in [2.05, 4.69) is 10.3 Å². The molecule has 7 heteroatoms. The molecule has 0 spiro atoms. The number of carboxylic acids is 1. The number of aliphatic imine (C=N–C) groups is 1. The predicted molar refractivity (Wildman–Crippen MR) is 132 cm³/mol. The van der Waals surface area contributed by atoms with Crippen molar-refractivity contribution in [2.45, 2.75) is 25.2 Å². The van der Waals surface area contributed by atoms with Crippen molar-refractivity contribution in [3.63, 3.8) is 0 Å². The number of hydrogen-bond donors (Lipinski definition) is 3. The number of phenols is 1. The van der Waals surface area contributed by atoms with Crippen molar-refractivity contribution in [3.05, 3.63) is 102 Å². The molecule has 3 N–H and O–H groups in total. The summed E-state index contributed by atoms with van der Waals surface area (Å²) in [4.78, 5) is 18.2. The molecular weight excluding hydrogens is 430 g/mol. The second-order valence-corrected chi connectivity index (χ2v) is 8.14. The van der Waals surface area contributed by atoms with Crippen LogP contribution in [0.2, 0.25) is 0 Å². The fourth-order valence-electron chi connectivity index (χ4n) is 3.68. The van der Waals surface area contributed by atoms with E-state index < -0.39 is 12.0 Å². The first-order chi connectivity index (χ1) is 16.5. The fourth-order valence-corrected chi connectivity index (χ4v) is 3.68. The maximum atomic E-state index is 11.9. The fraction of sp³-hybridized carbons (Fsp3) is 0.185. The molecule has 0 bridgehead atoms. The average molecular weight is 458 g/mol. The summed E-state index contributed by atoms with van der Waals surface area (Å²) in [6.07, 6.45) is 3.68. The predicted octanol–water partition coefficient (Wildman–Crippen LogP) is 3.90. The zero-order valence-electron chi connectivity index (χ0n) is 18.8. The summed E-state index contributed by atoms with van der Waals surface area (Å²) in [5, 5.41) is 22.5. The minimum Gasteiger partial charge on any atom is -0.508 e. The number of phenolic OH excluding ortho intramolecular Hbond substituents is 1. The van der Waals surface area contributed by atoms with Gasteiger partial charge in [0.15, 0.2) is 0 Å². The standard InChI is InChI=1S/C27H27N3O4/c1-30-18-28-24(16-26(30)29-25(27(32)33)15-19-6-3-2-4-7-19)21-10-12-23(13-11-21)34-17-20-8-5-9-22(31)14-20/h2-14,16,18,25-26,29,31H,15,17H2,1H3,(H,32,33). The van der Waals surface area contributed by atoms with Gasteiger partial charge in [-0.1, -0.05) is 42.5 Å². The van der Waals surface area contributed by atoms with E-state index in [1.54, 1.807) is 24.5 Å². The Hall–Kier alpha value is -4.10. The van der Waals surface area contributed by atoms with Crippen molar-refractivity contribution in [1.82, 2.24) is 10.2 Å². The van der Waals surface area contributed by atoms with Gasteiger partial charge in [-0.3, -0.25) is 10.1 Å². The smallest absolute Gasteiger partial charge is 0.321 e. The molecule has 34 heavy (non-hydrogen) atoms. The van der Waals surface area contributed by atoms with Gasteiger partial charge in [0.1, 0.15) is 30.3 Å². The molecule has 1 aliphatic heterocycles. The first-order valence-corrected chi connectivity index (χ1v) is 11.0. The Labute approximate surface area is 198 Å². The van der Waals surface area contributed by atoms with Crippen molar-refractivity contribution < 1.29 is 19.7 Å². The quantitative estimate of drug-likeness (QED) is 0.451. The van der Waals surface area contributed by atoms with Crippen molar-refractivity contribution in [2.75, 3.05) is 7.05 Å². The Morgan fingerprint density at radius 1 is 1.06 bits per heavy atom.